The topological polar surface area (TPSA) is 73.6 Å². The van der Waals surface area contributed by atoms with Crippen molar-refractivity contribution < 1.29 is 9.18 Å². The number of hydrogen-bond acceptors (Lipinski definition) is 2. The minimum absolute atomic E-state index is 0.0118. The van der Waals surface area contributed by atoms with Gasteiger partial charge in [-0.05, 0) is 61.7 Å². The number of carbonyl (C=O) groups is 1. The first kappa shape index (κ1) is 21.1. The normalized spacial score (nSPS) is 11.5. The van der Waals surface area contributed by atoms with Crippen LogP contribution in [-0.2, 0) is 11.2 Å². The largest absolute Gasteiger partial charge is 0.361 e. The predicted molar refractivity (Wildman–Crippen MR) is 124 cm³/mol. The molecule has 2 aromatic heterocycles. The van der Waals surface area contributed by atoms with Gasteiger partial charge in [-0.2, -0.15) is 5.26 Å². The molecule has 0 unspecified atom stereocenters. The summed E-state index contributed by atoms with van der Waals surface area (Å²) in [6.07, 6.45) is 4.15. The molecule has 2 aromatic carbocycles. The van der Waals surface area contributed by atoms with Crippen molar-refractivity contribution >= 4 is 22.9 Å². The zero-order valence-electron chi connectivity index (χ0n) is 17.9. The van der Waals surface area contributed by atoms with Crippen molar-refractivity contribution in [2.75, 3.05) is 6.54 Å². The third-order valence-electron chi connectivity index (χ3n) is 5.58. The molecule has 4 aromatic rings. The molecule has 160 valence electrons. The molecule has 0 bridgehead atoms. The maximum atomic E-state index is 14.3. The first-order valence-electron chi connectivity index (χ1n) is 10.4. The molecule has 0 aliphatic rings. The highest BCUT2D eigenvalue weighted by Gasteiger charge is 2.15. The van der Waals surface area contributed by atoms with Gasteiger partial charge in [-0.1, -0.05) is 30.3 Å². The minimum atomic E-state index is -0.428. The monoisotopic (exact) mass is 426 g/mol. The molecule has 0 saturated heterocycles. The summed E-state index contributed by atoms with van der Waals surface area (Å²) in [4.78, 5) is 15.8. The molecule has 0 spiro atoms. The van der Waals surface area contributed by atoms with E-state index in [0.29, 0.717) is 24.2 Å². The van der Waals surface area contributed by atoms with E-state index in [4.69, 9.17) is 0 Å². The Kier molecular flexibility index (Phi) is 5.91. The van der Waals surface area contributed by atoms with Crippen LogP contribution in [0.25, 0.3) is 22.7 Å². The van der Waals surface area contributed by atoms with Crippen molar-refractivity contribution in [1.29, 1.82) is 5.26 Å². The van der Waals surface area contributed by atoms with Gasteiger partial charge in [0.1, 0.15) is 17.5 Å². The zero-order chi connectivity index (χ0) is 22.7. The fourth-order valence-corrected chi connectivity index (χ4v) is 3.99. The molecule has 0 saturated carbocycles. The Labute approximate surface area is 185 Å². The quantitative estimate of drug-likeness (QED) is 0.337. The summed E-state index contributed by atoms with van der Waals surface area (Å²) in [5, 5.41) is 13.5. The van der Waals surface area contributed by atoms with Gasteiger partial charge in [-0.25, -0.2) is 4.39 Å². The van der Waals surface area contributed by atoms with Crippen molar-refractivity contribution in [3.05, 3.63) is 94.7 Å². The zero-order valence-corrected chi connectivity index (χ0v) is 17.9. The SMILES string of the molecule is Cc1cc(/C=C(/C#N)C(=O)NCCc2c[nH]c3ccccc23)c(C)n1-c1ccccc1F. The summed E-state index contributed by atoms with van der Waals surface area (Å²) < 4.78 is 16.1. The standard InChI is InChI=1S/C26H23FN4O/c1-17-13-20(18(2)31(17)25-10-6-4-8-23(25)27)14-21(15-28)26(32)29-12-11-19-16-30-24-9-5-3-7-22(19)24/h3-10,13-14,16,30H,11-12H2,1-2H3,(H,29,32)/b21-14-. The van der Waals surface area contributed by atoms with Crippen molar-refractivity contribution in [2.24, 2.45) is 0 Å². The average Bonchev–Trinajstić information content (AvgIpc) is 3.32. The lowest BCUT2D eigenvalue weighted by molar-refractivity contribution is -0.117. The Morgan fingerprint density at radius 3 is 2.72 bits per heavy atom. The van der Waals surface area contributed by atoms with Gasteiger partial charge in [0.25, 0.3) is 5.91 Å². The number of aryl methyl sites for hydroxylation is 1. The molecule has 0 fully saturated rings. The van der Waals surface area contributed by atoms with E-state index < -0.39 is 5.91 Å². The van der Waals surface area contributed by atoms with Gasteiger partial charge in [0.05, 0.1) is 5.69 Å². The highest BCUT2D eigenvalue weighted by Crippen LogP contribution is 2.24. The Balaban J connectivity index is 1.50. The smallest absolute Gasteiger partial charge is 0.261 e. The molecule has 0 atom stereocenters. The lowest BCUT2D eigenvalue weighted by Gasteiger charge is -2.10. The second-order valence-corrected chi connectivity index (χ2v) is 7.65. The van der Waals surface area contributed by atoms with Gasteiger partial charge in [0.2, 0.25) is 0 Å². The van der Waals surface area contributed by atoms with E-state index in [2.05, 4.69) is 10.3 Å². The number of hydrogen-bond donors (Lipinski definition) is 2. The fraction of sp³-hybridized carbons (Fsp3) is 0.154. The molecule has 2 N–H and O–H groups in total. The first-order valence-corrected chi connectivity index (χ1v) is 10.4. The van der Waals surface area contributed by atoms with Gasteiger partial charge in [-0.3, -0.25) is 4.79 Å². The van der Waals surface area contributed by atoms with Gasteiger partial charge >= 0.3 is 0 Å². The van der Waals surface area contributed by atoms with Crippen LogP contribution in [0, 0.1) is 31.0 Å². The predicted octanol–water partition coefficient (Wildman–Crippen LogP) is 4.98. The van der Waals surface area contributed by atoms with E-state index in [1.54, 1.807) is 28.8 Å². The number of nitrogens with one attached hydrogen (secondary N) is 2. The fourth-order valence-electron chi connectivity index (χ4n) is 3.99. The average molecular weight is 426 g/mol. The maximum Gasteiger partial charge on any atom is 0.261 e. The number of nitrogens with zero attached hydrogens (tertiary/aromatic N) is 2. The number of para-hydroxylation sites is 2. The van der Waals surface area contributed by atoms with E-state index in [-0.39, 0.29) is 11.4 Å². The Morgan fingerprint density at radius 2 is 1.94 bits per heavy atom. The second kappa shape index (κ2) is 8.94. The van der Waals surface area contributed by atoms with Crippen molar-refractivity contribution in [3.63, 3.8) is 0 Å². The summed E-state index contributed by atoms with van der Waals surface area (Å²) in [6.45, 7) is 4.12. The summed E-state index contributed by atoms with van der Waals surface area (Å²) >= 11 is 0. The Morgan fingerprint density at radius 1 is 1.19 bits per heavy atom. The van der Waals surface area contributed by atoms with E-state index in [1.807, 2.05) is 56.4 Å². The molecule has 6 heteroatoms. The minimum Gasteiger partial charge on any atom is -0.361 e. The molecule has 0 aliphatic heterocycles. The highest BCUT2D eigenvalue weighted by molar-refractivity contribution is 6.01. The van der Waals surface area contributed by atoms with Crippen LogP contribution in [0.4, 0.5) is 4.39 Å². The molecular weight excluding hydrogens is 403 g/mol. The first-order chi connectivity index (χ1) is 15.5. The second-order valence-electron chi connectivity index (χ2n) is 7.65. The van der Waals surface area contributed by atoms with Crippen LogP contribution < -0.4 is 5.32 Å². The van der Waals surface area contributed by atoms with Crippen LogP contribution in [0.1, 0.15) is 22.5 Å². The van der Waals surface area contributed by atoms with E-state index in [9.17, 15) is 14.4 Å². The van der Waals surface area contributed by atoms with Crippen LogP contribution in [0.15, 0.2) is 66.4 Å². The van der Waals surface area contributed by atoms with Gasteiger partial charge in [0, 0.05) is 35.0 Å². The number of rotatable bonds is 6. The number of benzene rings is 2. The van der Waals surface area contributed by atoms with Crippen LogP contribution in [0.5, 0.6) is 0 Å². The number of carbonyl (C=O) groups excluding carboxylic acids is 1. The van der Waals surface area contributed by atoms with E-state index in [1.165, 1.54) is 6.07 Å². The van der Waals surface area contributed by atoms with Crippen molar-refractivity contribution in [1.82, 2.24) is 14.9 Å². The molecule has 0 radical (unpaired) electrons. The third kappa shape index (κ3) is 4.06. The summed E-state index contributed by atoms with van der Waals surface area (Å²) in [7, 11) is 0. The van der Waals surface area contributed by atoms with Crippen LogP contribution >= 0.6 is 0 Å². The van der Waals surface area contributed by atoms with Crippen LogP contribution in [0.2, 0.25) is 0 Å². The van der Waals surface area contributed by atoms with Crippen molar-refractivity contribution in [2.45, 2.75) is 20.3 Å². The van der Waals surface area contributed by atoms with Crippen molar-refractivity contribution in [3.8, 4) is 11.8 Å². The molecule has 4 rings (SSSR count). The molecule has 2 heterocycles. The molecular formula is C26H23FN4O. The number of H-pyrrole nitrogens is 1. The lowest BCUT2D eigenvalue weighted by Crippen LogP contribution is -2.26. The number of halogens is 1. The van der Waals surface area contributed by atoms with Crippen LogP contribution in [-0.4, -0.2) is 22.0 Å². The highest BCUT2D eigenvalue weighted by atomic mass is 19.1. The van der Waals surface area contributed by atoms with E-state index in [0.717, 1.165) is 27.9 Å². The van der Waals surface area contributed by atoms with Gasteiger partial charge in [-0.15, -0.1) is 0 Å². The summed E-state index contributed by atoms with van der Waals surface area (Å²) in [6, 6.07) is 18.3. The molecule has 0 aliphatic carbocycles. The Hall–Kier alpha value is -4.11. The molecule has 5 nitrogen and oxygen atoms in total. The van der Waals surface area contributed by atoms with E-state index >= 15 is 0 Å². The number of fused-ring (bicyclic) bond motifs is 1. The number of nitriles is 1. The van der Waals surface area contributed by atoms with Gasteiger partial charge in [0.15, 0.2) is 0 Å². The third-order valence-corrected chi connectivity index (χ3v) is 5.58. The summed E-state index contributed by atoms with van der Waals surface area (Å²) in [5.41, 5.74) is 4.88. The molecule has 1 amide bonds. The number of amides is 1. The number of aromatic amines is 1. The maximum absolute atomic E-state index is 14.3. The summed E-state index contributed by atoms with van der Waals surface area (Å²) in [5.74, 6) is -0.761. The van der Waals surface area contributed by atoms with Crippen LogP contribution in [0.3, 0.4) is 0 Å². The Bertz CT molecular complexity index is 1370. The van der Waals surface area contributed by atoms with Gasteiger partial charge < -0.3 is 14.9 Å². The number of aromatic nitrogens is 2. The lowest BCUT2D eigenvalue weighted by atomic mass is 10.1. The molecule has 32 heavy (non-hydrogen) atoms.